The molecule has 0 saturated carbocycles. The van der Waals surface area contributed by atoms with Crippen molar-refractivity contribution in [1.29, 1.82) is 0 Å². The predicted molar refractivity (Wildman–Crippen MR) is 64.8 cm³/mol. The van der Waals surface area contributed by atoms with Gasteiger partial charge in [-0.05, 0) is 21.0 Å². The molecular weight excluding hydrogens is 230 g/mol. The number of epoxide rings is 1. The van der Waals surface area contributed by atoms with Crippen LogP contribution in [0.1, 0.15) is 6.92 Å². The van der Waals surface area contributed by atoms with Gasteiger partial charge in [0, 0.05) is 12.1 Å². The van der Waals surface area contributed by atoms with Crippen LogP contribution in [0.5, 0.6) is 0 Å². The summed E-state index contributed by atoms with van der Waals surface area (Å²) in [4.78, 5) is 12.7. The maximum absolute atomic E-state index is 10.8. The number of nitrogens with zero attached hydrogens (tertiary/aromatic N) is 1. The van der Waals surface area contributed by atoms with Gasteiger partial charge in [-0.2, -0.15) is 0 Å². The number of carbonyl (C=O) groups is 1. The fraction of sp³-hybridized carbons (Fsp3) is 0.727. The third-order valence-electron chi connectivity index (χ3n) is 1.69. The predicted octanol–water partition coefficient (Wildman–Crippen LogP) is 1.29. The van der Waals surface area contributed by atoms with Crippen LogP contribution in [-0.2, 0) is 14.3 Å². The number of rotatable bonds is 5. The molecule has 0 aliphatic carbocycles. The highest BCUT2D eigenvalue weighted by atomic mass is 35.5. The molecule has 1 aliphatic rings. The SMILES string of the molecule is C=C(C)C(=O)OCCN(C)C.ClCC1CO1. The van der Waals surface area contributed by atoms with Crippen LogP contribution >= 0.6 is 11.6 Å². The van der Waals surface area contributed by atoms with Crippen molar-refractivity contribution < 1.29 is 14.3 Å². The van der Waals surface area contributed by atoms with E-state index in [4.69, 9.17) is 21.1 Å². The van der Waals surface area contributed by atoms with E-state index in [0.717, 1.165) is 13.2 Å². The first-order chi connectivity index (χ1) is 7.47. The van der Waals surface area contributed by atoms with E-state index in [1.165, 1.54) is 0 Å². The first-order valence-electron chi connectivity index (χ1n) is 5.12. The lowest BCUT2D eigenvalue weighted by Gasteiger charge is -2.09. The Kier molecular flexibility index (Phi) is 8.25. The molecule has 1 fully saturated rings. The van der Waals surface area contributed by atoms with Crippen molar-refractivity contribution >= 4 is 17.6 Å². The van der Waals surface area contributed by atoms with E-state index in [-0.39, 0.29) is 5.97 Å². The normalized spacial score (nSPS) is 17.4. The Morgan fingerprint density at radius 1 is 1.62 bits per heavy atom. The van der Waals surface area contributed by atoms with Gasteiger partial charge in [0.2, 0.25) is 0 Å². The Labute approximate surface area is 102 Å². The molecule has 4 nitrogen and oxygen atoms in total. The van der Waals surface area contributed by atoms with E-state index in [1.807, 2.05) is 19.0 Å². The highest BCUT2D eigenvalue weighted by molar-refractivity contribution is 6.18. The highest BCUT2D eigenvalue weighted by Crippen LogP contribution is 2.08. The third-order valence-corrected chi connectivity index (χ3v) is 2.04. The molecule has 0 spiro atoms. The Morgan fingerprint density at radius 2 is 2.19 bits per heavy atom. The molecule has 5 heteroatoms. The number of carbonyl (C=O) groups excluding carboxylic acids is 1. The summed E-state index contributed by atoms with van der Waals surface area (Å²) in [7, 11) is 3.85. The molecule has 1 atom stereocenters. The lowest BCUT2D eigenvalue weighted by molar-refractivity contribution is -0.139. The highest BCUT2D eigenvalue weighted by Gasteiger charge is 2.19. The van der Waals surface area contributed by atoms with Gasteiger partial charge in [-0.3, -0.25) is 0 Å². The summed E-state index contributed by atoms with van der Waals surface area (Å²) in [5, 5.41) is 0. The van der Waals surface area contributed by atoms with Gasteiger partial charge in [0.1, 0.15) is 6.61 Å². The Balaban J connectivity index is 0.000000368. The Bertz CT molecular complexity index is 227. The number of alkyl halides is 1. The molecule has 16 heavy (non-hydrogen) atoms. The zero-order valence-corrected chi connectivity index (χ0v) is 10.9. The lowest BCUT2D eigenvalue weighted by Crippen LogP contribution is -2.20. The molecule has 0 aromatic carbocycles. The van der Waals surface area contributed by atoms with Crippen LogP contribution in [0.25, 0.3) is 0 Å². The summed E-state index contributed by atoms with van der Waals surface area (Å²) in [6, 6.07) is 0. The van der Waals surface area contributed by atoms with Gasteiger partial charge in [0.25, 0.3) is 0 Å². The summed E-state index contributed by atoms with van der Waals surface area (Å²) in [5.74, 6) is 0.354. The second-order valence-corrected chi connectivity index (χ2v) is 4.14. The van der Waals surface area contributed by atoms with Gasteiger partial charge in [0.05, 0.1) is 18.6 Å². The van der Waals surface area contributed by atoms with Gasteiger partial charge in [-0.15, -0.1) is 11.6 Å². The summed E-state index contributed by atoms with van der Waals surface area (Å²) in [5.41, 5.74) is 0.448. The monoisotopic (exact) mass is 249 g/mol. The average Bonchev–Trinajstić information content (AvgIpc) is 3.00. The molecule has 0 radical (unpaired) electrons. The molecule has 1 rings (SSSR count). The molecule has 1 heterocycles. The molecular formula is C11H20ClNO3. The number of hydrogen-bond donors (Lipinski definition) is 0. The second kappa shape index (κ2) is 8.56. The average molecular weight is 250 g/mol. The van der Waals surface area contributed by atoms with Gasteiger partial charge >= 0.3 is 5.97 Å². The van der Waals surface area contributed by atoms with Crippen molar-refractivity contribution in [3.05, 3.63) is 12.2 Å². The van der Waals surface area contributed by atoms with Crippen LogP contribution in [-0.4, -0.2) is 56.7 Å². The van der Waals surface area contributed by atoms with Crippen LogP contribution in [0.3, 0.4) is 0 Å². The Morgan fingerprint density at radius 3 is 2.44 bits per heavy atom. The largest absolute Gasteiger partial charge is 0.461 e. The third kappa shape index (κ3) is 9.96. The van der Waals surface area contributed by atoms with E-state index in [9.17, 15) is 4.79 Å². The molecule has 94 valence electrons. The van der Waals surface area contributed by atoms with Crippen LogP contribution in [0.15, 0.2) is 12.2 Å². The standard InChI is InChI=1S/C8H15NO2.C3H5ClO/c1-7(2)8(10)11-6-5-9(3)4;4-1-3-2-5-3/h1,5-6H2,2-4H3;3H,1-2H2. The fourth-order valence-electron chi connectivity index (χ4n) is 0.601. The molecule has 0 aromatic rings. The molecule has 1 aliphatic heterocycles. The van der Waals surface area contributed by atoms with Crippen molar-refractivity contribution in [2.24, 2.45) is 0 Å². The molecule has 1 unspecified atom stereocenters. The molecule has 0 bridgehead atoms. The summed E-state index contributed by atoms with van der Waals surface area (Å²) in [6.45, 7) is 7.16. The van der Waals surface area contributed by atoms with E-state index in [2.05, 4.69) is 6.58 Å². The summed E-state index contributed by atoms with van der Waals surface area (Å²) < 4.78 is 9.56. The lowest BCUT2D eigenvalue weighted by atomic mass is 10.4. The van der Waals surface area contributed by atoms with Crippen LogP contribution in [0, 0.1) is 0 Å². The zero-order chi connectivity index (χ0) is 12.6. The van der Waals surface area contributed by atoms with Crippen LogP contribution in [0.4, 0.5) is 0 Å². The molecule has 0 amide bonds. The minimum absolute atomic E-state index is 0.313. The number of halogens is 1. The molecule has 1 saturated heterocycles. The Hall–Kier alpha value is -0.580. The smallest absolute Gasteiger partial charge is 0.333 e. The zero-order valence-electron chi connectivity index (χ0n) is 10.2. The quantitative estimate of drug-likeness (QED) is 0.319. The first-order valence-corrected chi connectivity index (χ1v) is 5.65. The van der Waals surface area contributed by atoms with Crippen molar-refractivity contribution in [2.75, 3.05) is 39.7 Å². The van der Waals surface area contributed by atoms with Gasteiger partial charge in [-0.25, -0.2) is 4.79 Å². The van der Waals surface area contributed by atoms with Gasteiger partial charge in [-0.1, -0.05) is 6.58 Å². The molecule has 0 N–H and O–H groups in total. The maximum Gasteiger partial charge on any atom is 0.333 e. The van der Waals surface area contributed by atoms with Crippen LogP contribution < -0.4 is 0 Å². The number of esters is 1. The minimum Gasteiger partial charge on any atom is -0.461 e. The molecule has 0 aromatic heterocycles. The van der Waals surface area contributed by atoms with E-state index in [1.54, 1.807) is 6.92 Å². The van der Waals surface area contributed by atoms with Crippen LogP contribution in [0.2, 0.25) is 0 Å². The van der Waals surface area contributed by atoms with E-state index >= 15 is 0 Å². The topological polar surface area (TPSA) is 42.1 Å². The summed E-state index contributed by atoms with van der Waals surface area (Å²) in [6.07, 6.45) is 0.400. The van der Waals surface area contributed by atoms with E-state index < -0.39 is 0 Å². The van der Waals surface area contributed by atoms with E-state index in [0.29, 0.717) is 24.2 Å². The van der Waals surface area contributed by atoms with Crippen molar-refractivity contribution in [1.82, 2.24) is 4.90 Å². The summed E-state index contributed by atoms with van der Waals surface area (Å²) >= 11 is 5.27. The van der Waals surface area contributed by atoms with Crippen molar-refractivity contribution in [2.45, 2.75) is 13.0 Å². The number of hydrogen-bond acceptors (Lipinski definition) is 4. The fourth-order valence-corrected chi connectivity index (χ4v) is 0.779. The number of ether oxygens (including phenoxy) is 2. The van der Waals surface area contributed by atoms with Crippen molar-refractivity contribution in [3.8, 4) is 0 Å². The number of likely N-dealkylation sites (N-methyl/N-ethyl adjacent to an activating group) is 1. The first kappa shape index (κ1) is 15.4. The minimum atomic E-state index is -0.313. The van der Waals surface area contributed by atoms with Gasteiger partial charge in [0.15, 0.2) is 0 Å². The van der Waals surface area contributed by atoms with Gasteiger partial charge < -0.3 is 14.4 Å². The second-order valence-electron chi connectivity index (χ2n) is 3.83. The maximum atomic E-state index is 10.8. The van der Waals surface area contributed by atoms with Crippen molar-refractivity contribution in [3.63, 3.8) is 0 Å².